The predicted molar refractivity (Wildman–Crippen MR) is 54.0 cm³/mol. The molecule has 86 valence electrons. The molecule has 0 bridgehead atoms. The Morgan fingerprint density at radius 2 is 2.12 bits per heavy atom. The van der Waals surface area contributed by atoms with Gasteiger partial charge in [-0.1, -0.05) is 0 Å². The summed E-state index contributed by atoms with van der Waals surface area (Å²) in [6, 6.07) is 1.18. The van der Waals surface area contributed by atoms with Crippen LogP contribution in [0.1, 0.15) is 5.69 Å². The van der Waals surface area contributed by atoms with E-state index in [0.29, 0.717) is 13.1 Å². The third-order valence-corrected chi connectivity index (χ3v) is 2.37. The summed E-state index contributed by atoms with van der Waals surface area (Å²) in [7, 11) is 0. The van der Waals surface area contributed by atoms with Crippen LogP contribution >= 0.6 is 0 Å². The molecule has 7 nitrogen and oxygen atoms in total. The molecular weight excluding hydrogens is 214 g/mol. The first-order chi connectivity index (χ1) is 7.54. The van der Waals surface area contributed by atoms with E-state index < -0.39 is 17.4 Å². The Morgan fingerprint density at radius 1 is 1.44 bits per heavy atom. The van der Waals surface area contributed by atoms with Gasteiger partial charge in [0, 0.05) is 24.8 Å². The Hall–Kier alpha value is -1.89. The second kappa shape index (κ2) is 3.93. The number of carbonyl (C=O) groups excluding carboxylic acids is 1. The first-order valence-electron chi connectivity index (χ1n) is 4.83. The van der Waals surface area contributed by atoms with Crippen molar-refractivity contribution in [3.8, 4) is 0 Å². The van der Waals surface area contributed by atoms with Gasteiger partial charge in [0.2, 0.25) is 5.91 Å². The fourth-order valence-electron chi connectivity index (χ4n) is 1.55. The van der Waals surface area contributed by atoms with Crippen molar-refractivity contribution in [2.75, 3.05) is 13.1 Å². The van der Waals surface area contributed by atoms with Crippen LogP contribution in [-0.4, -0.2) is 45.1 Å². The number of nitrogens with one attached hydrogen (secondary N) is 2. The van der Waals surface area contributed by atoms with E-state index in [1.54, 1.807) is 0 Å². The SMILES string of the molecule is O=C(Cc1cc(=O)[nH]c(=O)[nH]1)N1CC(O)C1. The number of aliphatic hydroxyl groups excluding tert-OH is 1. The number of aromatic amines is 2. The van der Waals surface area contributed by atoms with Crippen molar-refractivity contribution in [1.29, 1.82) is 0 Å². The van der Waals surface area contributed by atoms with Crippen LogP contribution < -0.4 is 11.2 Å². The standard InChI is InChI=1S/C9H11N3O4/c13-6-3-12(4-6)8(15)2-5-1-7(14)11-9(16)10-5/h1,6,13H,2-4H2,(H2,10,11,14,16). The molecule has 1 aromatic rings. The van der Waals surface area contributed by atoms with Gasteiger partial charge in [0.15, 0.2) is 0 Å². The lowest BCUT2D eigenvalue weighted by Gasteiger charge is -2.35. The molecule has 1 aliphatic heterocycles. The smallest absolute Gasteiger partial charge is 0.325 e. The molecule has 1 saturated heterocycles. The van der Waals surface area contributed by atoms with E-state index in [2.05, 4.69) is 4.98 Å². The summed E-state index contributed by atoms with van der Waals surface area (Å²) in [4.78, 5) is 39.3. The lowest BCUT2D eigenvalue weighted by Crippen LogP contribution is -2.54. The average molecular weight is 225 g/mol. The maximum Gasteiger partial charge on any atom is 0.325 e. The molecule has 1 fully saturated rings. The Morgan fingerprint density at radius 3 is 2.69 bits per heavy atom. The van der Waals surface area contributed by atoms with Crippen molar-refractivity contribution in [1.82, 2.24) is 14.9 Å². The summed E-state index contributed by atoms with van der Waals surface area (Å²) >= 11 is 0. The van der Waals surface area contributed by atoms with Crippen LogP contribution in [0.2, 0.25) is 0 Å². The van der Waals surface area contributed by atoms with Gasteiger partial charge < -0.3 is 15.0 Å². The maximum absolute atomic E-state index is 11.5. The lowest BCUT2D eigenvalue weighted by atomic mass is 10.1. The van der Waals surface area contributed by atoms with Gasteiger partial charge >= 0.3 is 5.69 Å². The summed E-state index contributed by atoms with van der Waals surface area (Å²) < 4.78 is 0. The van der Waals surface area contributed by atoms with Crippen molar-refractivity contribution in [2.45, 2.75) is 12.5 Å². The number of hydrogen-bond acceptors (Lipinski definition) is 4. The number of amides is 1. The van der Waals surface area contributed by atoms with E-state index in [0.717, 1.165) is 0 Å². The number of H-pyrrole nitrogens is 2. The molecule has 1 aromatic heterocycles. The van der Waals surface area contributed by atoms with Gasteiger partial charge in [-0.2, -0.15) is 0 Å². The summed E-state index contributed by atoms with van der Waals surface area (Å²) in [5.74, 6) is -0.216. The zero-order valence-corrected chi connectivity index (χ0v) is 8.40. The number of likely N-dealkylation sites (tertiary alicyclic amines) is 1. The van der Waals surface area contributed by atoms with Crippen LogP contribution in [0.25, 0.3) is 0 Å². The van der Waals surface area contributed by atoms with Crippen molar-refractivity contribution < 1.29 is 9.90 Å². The molecule has 0 unspecified atom stereocenters. The molecule has 0 aromatic carbocycles. The zero-order chi connectivity index (χ0) is 11.7. The first-order valence-corrected chi connectivity index (χ1v) is 4.83. The number of aromatic nitrogens is 2. The molecule has 1 aliphatic rings. The van der Waals surface area contributed by atoms with E-state index in [-0.39, 0.29) is 18.0 Å². The van der Waals surface area contributed by atoms with Crippen molar-refractivity contribution in [3.05, 3.63) is 32.6 Å². The summed E-state index contributed by atoms with van der Waals surface area (Å²) in [6.07, 6.45) is -0.492. The van der Waals surface area contributed by atoms with E-state index >= 15 is 0 Å². The van der Waals surface area contributed by atoms with E-state index in [1.807, 2.05) is 4.98 Å². The third-order valence-electron chi connectivity index (χ3n) is 2.37. The molecule has 3 N–H and O–H groups in total. The minimum absolute atomic E-state index is 0.0358. The molecular formula is C9H11N3O4. The van der Waals surface area contributed by atoms with Gasteiger partial charge in [-0.15, -0.1) is 0 Å². The second-order valence-corrected chi connectivity index (χ2v) is 3.74. The number of carbonyl (C=O) groups is 1. The van der Waals surface area contributed by atoms with Crippen molar-refractivity contribution in [2.24, 2.45) is 0 Å². The highest BCUT2D eigenvalue weighted by molar-refractivity contribution is 5.79. The maximum atomic E-state index is 11.5. The summed E-state index contributed by atoms with van der Waals surface area (Å²) in [6.45, 7) is 0.624. The number of nitrogens with zero attached hydrogens (tertiary/aromatic N) is 1. The highest BCUT2D eigenvalue weighted by Crippen LogP contribution is 2.08. The van der Waals surface area contributed by atoms with Gasteiger partial charge in [-0.05, 0) is 0 Å². The molecule has 0 saturated carbocycles. The monoisotopic (exact) mass is 225 g/mol. The number of aliphatic hydroxyl groups is 1. The van der Waals surface area contributed by atoms with Crippen molar-refractivity contribution in [3.63, 3.8) is 0 Å². The average Bonchev–Trinajstić information content (AvgIpc) is 2.10. The largest absolute Gasteiger partial charge is 0.389 e. The second-order valence-electron chi connectivity index (χ2n) is 3.74. The number of rotatable bonds is 2. The summed E-state index contributed by atoms with van der Waals surface area (Å²) in [5.41, 5.74) is -0.880. The van der Waals surface area contributed by atoms with Crippen LogP contribution in [0.3, 0.4) is 0 Å². The van der Waals surface area contributed by atoms with Gasteiger partial charge in [-0.25, -0.2) is 4.79 Å². The Labute approximate surface area is 89.7 Å². The predicted octanol–water partition coefficient (Wildman–Crippen LogP) is -2.19. The third kappa shape index (κ3) is 2.19. The summed E-state index contributed by atoms with van der Waals surface area (Å²) in [5, 5.41) is 9.01. The zero-order valence-electron chi connectivity index (χ0n) is 8.40. The minimum Gasteiger partial charge on any atom is -0.389 e. The van der Waals surface area contributed by atoms with E-state index in [4.69, 9.17) is 5.11 Å². The van der Waals surface area contributed by atoms with Crippen LogP contribution in [0.4, 0.5) is 0 Å². The molecule has 0 spiro atoms. The fraction of sp³-hybridized carbons (Fsp3) is 0.444. The fourth-order valence-corrected chi connectivity index (χ4v) is 1.55. The van der Waals surface area contributed by atoms with Gasteiger partial charge in [-0.3, -0.25) is 14.6 Å². The molecule has 7 heteroatoms. The highest BCUT2D eigenvalue weighted by Gasteiger charge is 2.28. The molecule has 0 atom stereocenters. The van der Waals surface area contributed by atoms with Crippen molar-refractivity contribution >= 4 is 5.91 Å². The van der Waals surface area contributed by atoms with Gasteiger partial charge in [0.05, 0.1) is 12.5 Å². The van der Waals surface area contributed by atoms with Crippen LogP contribution in [0.5, 0.6) is 0 Å². The molecule has 0 aliphatic carbocycles. The molecule has 2 heterocycles. The Balaban J connectivity index is 2.06. The van der Waals surface area contributed by atoms with Crippen LogP contribution in [-0.2, 0) is 11.2 Å². The molecule has 16 heavy (non-hydrogen) atoms. The normalized spacial score (nSPS) is 15.9. The Kier molecular flexibility index (Phi) is 2.61. The molecule has 1 amide bonds. The number of hydrogen-bond donors (Lipinski definition) is 3. The molecule has 0 radical (unpaired) electrons. The quantitative estimate of drug-likeness (QED) is 0.531. The van der Waals surface area contributed by atoms with Crippen LogP contribution in [0.15, 0.2) is 15.7 Å². The van der Waals surface area contributed by atoms with Gasteiger partial charge in [0.25, 0.3) is 5.56 Å². The van der Waals surface area contributed by atoms with E-state index in [9.17, 15) is 14.4 Å². The highest BCUT2D eigenvalue weighted by atomic mass is 16.3. The number of β-amino-alcohol motifs (C(OH)–C–C–N with tert-alkyl or cyclic N) is 1. The van der Waals surface area contributed by atoms with Crippen LogP contribution in [0, 0.1) is 0 Å². The van der Waals surface area contributed by atoms with E-state index in [1.165, 1.54) is 11.0 Å². The molecule has 2 rings (SSSR count). The van der Waals surface area contributed by atoms with Gasteiger partial charge in [0.1, 0.15) is 0 Å². The topological polar surface area (TPSA) is 106 Å². The minimum atomic E-state index is -0.626. The Bertz CT molecular complexity index is 484. The lowest BCUT2D eigenvalue weighted by molar-refractivity contribution is -0.140. The first kappa shape index (κ1) is 10.6.